The van der Waals surface area contributed by atoms with E-state index in [0.717, 1.165) is 19.4 Å². The molecule has 0 aromatic carbocycles. The molecule has 0 aliphatic carbocycles. The largest absolute Gasteiger partial charge is 0.373 e. The molecule has 2 heterocycles. The summed E-state index contributed by atoms with van der Waals surface area (Å²) in [6, 6.07) is 2.39. The van der Waals surface area contributed by atoms with Crippen LogP contribution in [0, 0.1) is 0 Å². The third-order valence-electron chi connectivity index (χ3n) is 3.06. The van der Waals surface area contributed by atoms with Crippen LogP contribution in [0.2, 0.25) is 0 Å². The number of thiophene rings is 1. The summed E-state index contributed by atoms with van der Waals surface area (Å²) in [6.07, 6.45) is 2.29. The van der Waals surface area contributed by atoms with Gasteiger partial charge in [0.2, 0.25) is 0 Å². The average molecular weight is 290 g/mol. The van der Waals surface area contributed by atoms with E-state index in [2.05, 4.69) is 39.6 Å². The molecule has 1 aromatic rings. The van der Waals surface area contributed by atoms with Crippen LogP contribution in [0.1, 0.15) is 30.7 Å². The summed E-state index contributed by atoms with van der Waals surface area (Å²) in [5.41, 5.74) is -0.0534. The summed E-state index contributed by atoms with van der Waals surface area (Å²) in [4.78, 5) is 1.34. The Bertz CT molecular complexity index is 333. The molecule has 0 amide bonds. The van der Waals surface area contributed by atoms with Crippen LogP contribution in [0.3, 0.4) is 0 Å². The lowest BCUT2D eigenvalue weighted by atomic mass is 9.92. The minimum Gasteiger partial charge on any atom is -0.373 e. The number of nitrogens with one attached hydrogen (secondary N) is 1. The van der Waals surface area contributed by atoms with E-state index in [1.165, 1.54) is 9.35 Å². The van der Waals surface area contributed by atoms with Gasteiger partial charge in [-0.25, -0.2) is 0 Å². The molecule has 2 unspecified atom stereocenters. The van der Waals surface area contributed by atoms with Crippen LogP contribution >= 0.6 is 27.3 Å². The molecule has 1 fully saturated rings. The van der Waals surface area contributed by atoms with Crippen molar-refractivity contribution < 1.29 is 4.74 Å². The fourth-order valence-corrected chi connectivity index (χ4v) is 4.10. The highest BCUT2D eigenvalue weighted by molar-refractivity contribution is 9.10. The fraction of sp³-hybridized carbons (Fsp3) is 0.636. The molecule has 0 spiro atoms. The fourth-order valence-electron chi connectivity index (χ4n) is 2.25. The maximum Gasteiger partial charge on any atom is 0.0857 e. The number of hydrogen-bond donors (Lipinski definition) is 1. The molecule has 0 radical (unpaired) electrons. The van der Waals surface area contributed by atoms with Gasteiger partial charge in [-0.15, -0.1) is 11.3 Å². The van der Waals surface area contributed by atoms with Crippen LogP contribution in [0.5, 0.6) is 0 Å². The number of rotatable bonds is 3. The van der Waals surface area contributed by atoms with Gasteiger partial charge in [-0.1, -0.05) is 0 Å². The smallest absolute Gasteiger partial charge is 0.0857 e. The Morgan fingerprint density at radius 1 is 1.67 bits per heavy atom. The van der Waals surface area contributed by atoms with Crippen molar-refractivity contribution in [2.24, 2.45) is 0 Å². The highest BCUT2D eigenvalue weighted by Crippen LogP contribution is 2.41. The highest BCUT2D eigenvalue weighted by Gasteiger charge is 2.39. The molecule has 0 bridgehead atoms. The molecule has 1 aromatic heterocycles. The highest BCUT2D eigenvalue weighted by atomic mass is 79.9. The van der Waals surface area contributed by atoms with Gasteiger partial charge in [0, 0.05) is 16.0 Å². The lowest BCUT2D eigenvalue weighted by molar-refractivity contribution is -0.00965. The van der Waals surface area contributed by atoms with Crippen LogP contribution in [0.4, 0.5) is 0 Å². The van der Waals surface area contributed by atoms with Gasteiger partial charge in [-0.05, 0) is 54.2 Å². The second-order valence-electron chi connectivity index (χ2n) is 4.12. The summed E-state index contributed by atoms with van der Waals surface area (Å²) >= 11 is 5.37. The van der Waals surface area contributed by atoms with E-state index >= 15 is 0 Å². The molecule has 2 nitrogen and oxygen atoms in total. The summed E-state index contributed by atoms with van der Waals surface area (Å²) in [6.45, 7) is 3.09. The van der Waals surface area contributed by atoms with Crippen molar-refractivity contribution in [3.8, 4) is 0 Å². The first-order valence-electron chi connectivity index (χ1n) is 5.21. The van der Waals surface area contributed by atoms with Gasteiger partial charge in [-0.3, -0.25) is 0 Å². The van der Waals surface area contributed by atoms with Crippen molar-refractivity contribution in [2.75, 3.05) is 13.7 Å². The summed E-state index contributed by atoms with van der Waals surface area (Å²) < 4.78 is 7.08. The lowest BCUT2D eigenvalue weighted by Gasteiger charge is -2.32. The van der Waals surface area contributed by atoms with E-state index in [9.17, 15) is 0 Å². The van der Waals surface area contributed by atoms with E-state index in [-0.39, 0.29) is 11.6 Å². The molecule has 1 N–H and O–H groups in total. The predicted molar refractivity (Wildman–Crippen MR) is 67.4 cm³/mol. The molecule has 1 aliphatic heterocycles. The molecule has 2 atom stereocenters. The van der Waals surface area contributed by atoms with E-state index in [1.54, 1.807) is 11.3 Å². The first kappa shape index (κ1) is 11.6. The van der Waals surface area contributed by atoms with E-state index < -0.39 is 0 Å². The van der Waals surface area contributed by atoms with Crippen molar-refractivity contribution >= 4 is 27.3 Å². The van der Waals surface area contributed by atoms with E-state index in [4.69, 9.17) is 4.74 Å². The zero-order chi connectivity index (χ0) is 10.9. The maximum atomic E-state index is 5.90. The second kappa shape index (κ2) is 4.53. The first-order valence-corrected chi connectivity index (χ1v) is 6.89. The second-order valence-corrected chi connectivity index (χ2v) is 5.92. The zero-order valence-electron chi connectivity index (χ0n) is 9.05. The number of ether oxygens (including phenoxy) is 1. The third-order valence-corrected chi connectivity index (χ3v) is 4.99. The number of likely N-dealkylation sites (N-methyl/N-ethyl adjacent to an activating group) is 1. The molecule has 2 rings (SSSR count). The Morgan fingerprint density at radius 2 is 2.47 bits per heavy atom. The normalized spacial score (nSPS) is 28.2. The quantitative estimate of drug-likeness (QED) is 0.922. The molecule has 0 saturated carbocycles. The summed E-state index contributed by atoms with van der Waals surface area (Å²) in [7, 11) is 2.00. The topological polar surface area (TPSA) is 21.3 Å². The van der Waals surface area contributed by atoms with Crippen molar-refractivity contribution in [1.29, 1.82) is 0 Å². The Morgan fingerprint density at radius 3 is 2.93 bits per heavy atom. The lowest BCUT2D eigenvalue weighted by Crippen LogP contribution is -2.39. The molecular formula is C11H16BrNOS. The van der Waals surface area contributed by atoms with Gasteiger partial charge in [0.25, 0.3) is 0 Å². The van der Waals surface area contributed by atoms with E-state index in [0.29, 0.717) is 0 Å². The van der Waals surface area contributed by atoms with E-state index in [1.807, 2.05) is 7.05 Å². The summed E-state index contributed by atoms with van der Waals surface area (Å²) in [5.74, 6) is 0. The molecule has 4 heteroatoms. The zero-order valence-corrected chi connectivity index (χ0v) is 11.5. The SMILES string of the molecule is CNC(c1sccc1Br)C1(C)CCCO1. The van der Waals surface area contributed by atoms with Crippen LogP contribution in [0.25, 0.3) is 0 Å². The van der Waals surface area contributed by atoms with Gasteiger partial charge in [0.05, 0.1) is 11.6 Å². The first-order chi connectivity index (χ1) is 7.17. The monoisotopic (exact) mass is 289 g/mol. The Balaban J connectivity index is 2.27. The molecule has 1 aliphatic rings. The Kier molecular flexibility index (Phi) is 3.50. The maximum absolute atomic E-state index is 5.90. The van der Waals surface area contributed by atoms with Crippen molar-refractivity contribution in [3.05, 3.63) is 20.8 Å². The van der Waals surface area contributed by atoms with Crippen LogP contribution in [-0.2, 0) is 4.74 Å². The van der Waals surface area contributed by atoms with Gasteiger partial charge in [-0.2, -0.15) is 0 Å². The minimum atomic E-state index is -0.0534. The summed E-state index contributed by atoms with van der Waals surface area (Å²) in [5, 5.41) is 5.50. The Labute approximate surface area is 103 Å². The Hall–Kier alpha value is 0.1000. The average Bonchev–Trinajstić information content (AvgIpc) is 2.79. The standard InChI is InChI=1S/C11H16BrNOS/c1-11(5-3-6-14-11)10(13-2)9-8(12)4-7-15-9/h4,7,10,13H,3,5-6H2,1-2H3. The van der Waals surface area contributed by atoms with Crippen molar-refractivity contribution in [1.82, 2.24) is 5.32 Å². The van der Waals surface area contributed by atoms with Gasteiger partial charge < -0.3 is 10.1 Å². The van der Waals surface area contributed by atoms with Gasteiger partial charge in [0.15, 0.2) is 0 Å². The van der Waals surface area contributed by atoms with Crippen molar-refractivity contribution in [2.45, 2.75) is 31.4 Å². The number of hydrogen-bond acceptors (Lipinski definition) is 3. The van der Waals surface area contributed by atoms with Crippen LogP contribution < -0.4 is 5.32 Å². The van der Waals surface area contributed by atoms with Crippen molar-refractivity contribution in [3.63, 3.8) is 0 Å². The molecular weight excluding hydrogens is 274 g/mol. The minimum absolute atomic E-state index is 0.0534. The predicted octanol–water partition coefficient (Wildman–Crippen LogP) is 3.34. The van der Waals surface area contributed by atoms with Crippen LogP contribution in [-0.4, -0.2) is 19.3 Å². The number of halogens is 1. The molecule has 84 valence electrons. The molecule has 15 heavy (non-hydrogen) atoms. The van der Waals surface area contributed by atoms with Gasteiger partial charge in [0.1, 0.15) is 0 Å². The third kappa shape index (κ3) is 2.13. The van der Waals surface area contributed by atoms with Gasteiger partial charge >= 0.3 is 0 Å². The molecule has 1 saturated heterocycles. The van der Waals surface area contributed by atoms with Crippen LogP contribution in [0.15, 0.2) is 15.9 Å².